The van der Waals surface area contributed by atoms with Crippen molar-refractivity contribution in [2.75, 3.05) is 39.3 Å². The molecule has 0 N–H and O–H groups in total. The van der Waals surface area contributed by atoms with Gasteiger partial charge in [-0.25, -0.2) is 0 Å². The molecule has 1 aromatic carbocycles. The van der Waals surface area contributed by atoms with E-state index in [2.05, 4.69) is 20.8 Å². The molecule has 0 bridgehead atoms. The maximum Gasteiger partial charge on any atom is 0.253 e. The quantitative estimate of drug-likeness (QED) is 0.837. The molecule has 2 saturated heterocycles. The average molecular weight is 353 g/mol. The van der Waals surface area contributed by atoms with Crippen LogP contribution in [0.2, 0.25) is 0 Å². The second kappa shape index (κ2) is 6.90. The molecular weight excluding hydrogens is 332 g/mol. The second-order valence-electron chi connectivity index (χ2n) is 5.74. The number of rotatable bonds is 3. The van der Waals surface area contributed by atoms with Gasteiger partial charge in [0.1, 0.15) is 0 Å². The van der Waals surface area contributed by atoms with Gasteiger partial charge in [0, 0.05) is 49.4 Å². The lowest BCUT2D eigenvalue weighted by Gasteiger charge is -2.35. The van der Waals surface area contributed by atoms with Crippen molar-refractivity contribution in [3.8, 4) is 0 Å². The van der Waals surface area contributed by atoms with E-state index in [-0.39, 0.29) is 5.91 Å². The van der Waals surface area contributed by atoms with E-state index < -0.39 is 0 Å². The standard InChI is InChI=1S/C16H21BrN2O2/c17-14-4-1-3-13(11-14)16(20)19-8-6-18(7-9-19)12-15-5-2-10-21-15/h1,3-4,11,15H,2,5-10,12H2. The monoisotopic (exact) mass is 352 g/mol. The van der Waals surface area contributed by atoms with E-state index in [4.69, 9.17) is 4.74 Å². The SMILES string of the molecule is O=C(c1cccc(Br)c1)N1CCN(CC2CCCO2)CC1. The number of amides is 1. The Morgan fingerprint density at radius 2 is 2.10 bits per heavy atom. The molecule has 0 radical (unpaired) electrons. The van der Waals surface area contributed by atoms with E-state index in [9.17, 15) is 4.79 Å². The van der Waals surface area contributed by atoms with Gasteiger partial charge >= 0.3 is 0 Å². The molecule has 2 aliphatic rings. The Labute approximate surface area is 134 Å². The van der Waals surface area contributed by atoms with Gasteiger partial charge in [0.05, 0.1) is 6.10 Å². The maximum atomic E-state index is 12.5. The fourth-order valence-corrected chi connectivity index (χ4v) is 3.41. The van der Waals surface area contributed by atoms with Crippen LogP contribution < -0.4 is 0 Å². The lowest BCUT2D eigenvalue weighted by atomic mass is 10.1. The summed E-state index contributed by atoms with van der Waals surface area (Å²) < 4.78 is 6.63. The normalized spacial score (nSPS) is 23.5. The highest BCUT2D eigenvalue weighted by Crippen LogP contribution is 2.17. The first-order chi connectivity index (χ1) is 10.2. The zero-order chi connectivity index (χ0) is 14.7. The van der Waals surface area contributed by atoms with Crippen molar-refractivity contribution in [3.05, 3.63) is 34.3 Å². The fraction of sp³-hybridized carbons (Fsp3) is 0.562. The van der Waals surface area contributed by atoms with Gasteiger partial charge in [-0.2, -0.15) is 0 Å². The molecule has 4 nitrogen and oxygen atoms in total. The van der Waals surface area contributed by atoms with Crippen molar-refractivity contribution in [2.45, 2.75) is 18.9 Å². The number of carbonyl (C=O) groups is 1. The van der Waals surface area contributed by atoms with E-state index >= 15 is 0 Å². The molecule has 2 heterocycles. The van der Waals surface area contributed by atoms with Gasteiger partial charge < -0.3 is 9.64 Å². The molecule has 5 heteroatoms. The zero-order valence-corrected chi connectivity index (χ0v) is 13.7. The number of hydrogen-bond acceptors (Lipinski definition) is 3. The number of carbonyl (C=O) groups excluding carboxylic acids is 1. The molecule has 3 rings (SSSR count). The molecule has 0 aliphatic carbocycles. The lowest BCUT2D eigenvalue weighted by molar-refractivity contribution is 0.0432. The highest BCUT2D eigenvalue weighted by Gasteiger charge is 2.25. The highest BCUT2D eigenvalue weighted by atomic mass is 79.9. The predicted octanol–water partition coefficient (Wildman–Crippen LogP) is 2.39. The summed E-state index contributed by atoms with van der Waals surface area (Å²) in [7, 11) is 0. The molecule has 2 fully saturated rings. The molecule has 21 heavy (non-hydrogen) atoms. The smallest absolute Gasteiger partial charge is 0.253 e. The van der Waals surface area contributed by atoms with Crippen LogP contribution >= 0.6 is 15.9 Å². The van der Waals surface area contributed by atoms with Crippen molar-refractivity contribution in [1.82, 2.24) is 9.80 Å². The minimum atomic E-state index is 0.132. The fourth-order valence-electron chi connectivity index (χ4n) is 3.01. The van der Waals surface area contributed by atoms with Gasteiger partial charge in [0.2, 0.25) is 0 Å². The van der Waals surface area contributed by atoms with Gasteiger partial charge in [0.25, 0.3) is 5.91 Å². The molecule has 114 valence electrons. The van der Waals surface area contributed by atoms with Crippen LogP contribution in [0.3, 0.4) is 0 Å². The Morgan fingerprint density at radius 3 is 2.76 bits per heavy atom. The first-order valence-electron chi connectivity index (χ1n) is 7.61. The molecule has 0 aromatic heterocycles. The van der Waals surface area contributed by atoms with Gasteiger partial charge in [-0.1, -0.05) is 22.0 Å². The topological polar surface area (TPSA) is 32.8 Å². The van der Waals surface area contributed by atoms with Crippen LogP contribution in [-0.4, -0.2) is 61.1 Å². The van der Waals surface area contributed by atoms with Crippen LogP contribution in [0.1, 0.15) is 23.2 Å². The largest absolute Gasteiger partial charge is 0.377 e. The maximum absolute atomic E-state index is 12.5. The Morgan fingerprint density at radius 1 is 1.29 bits per heavy atom. The molecule has 1 amide bonds. The molecule has 1 aromatic rings. The number of ether oxygens (including phenoxy) is 1. The summed E-state index contributed by atoms with van der Waals surface area (Å²) in [5.74, 6) is 0.132. The minimum absolute atomic E-state index is 0.132. The summed E-state index contributed by atoms with van der Waals surface area (Å²) in [5.41, 5.74) is 0.761. The first-order valence-corrected chi connectivity index (χ1v) is 8.40. The minimum Gasteiger partial charge on any atom is -0.377 e. The number of piperazine rings is 1. The van der Waals surface area contributed by atoms with Gasteiger partial charge in [-0.05, 0) is 31.0 Å². The van der Waals surface area contributed by atoms with Crippen LogP contribution in [0.5, 0.6) is 0 Å². The molecular formula is C16H21BrN2O2. The summed E-state index contributed by atoms with van der Waals surface area (Å²) in [6.07, 6.45) is 2.76. The molecule has 1 atom stereocenters. The van der Waals surface area contributed by atoms with Gasteiger partial charge in [0.15, 0.2) is 0 Å². The van der Waals surface area contributed by atoms with Crippen LogP contribution in [0.25, 0.3) is 0 Å². The number of benzene rings is 1. The average Bonchev–Trinajstić information content (AvgIpc) is 3.00. The van der Waals surface area contributed by atoms with Crippen molar-refractivity contribution in [3.63, 3.8) is 0 Å². The van der Waals surface area contributed by atoms with Crippen LogP contribution in [0, 0.1) is 0 Å². The van der Waals surface area contributed by atoms with Crippen molar-refractivity contribution in [2.24, 2.45) is 0 Å². The number of halogens is 1. The molecule has 0 saturated carbocycles. The summed E-state index contributed by atoms with van der Waals surface area (Å²) in [4.78, 5) is 16.8. The van der Waals surface area contributed by atoms with Crippen LogP contribution in [0.15, 0.2) is 28.7 Å². The molecule has 2 aliphatic heterocycles. The first kappa shape index (κ1) is 15.0. The highest BCUT2D eigenvalue weighted by molar-refractivity contribution is 9.10. The summed E-state index contributed by atoms with van der Waals surface area (Å²) >= 11 is 3.42. The zero-order valence-electron chi connectivity index (χ0n) is 12.1. The third kappa shape index (κ3) is 3.84. The van der Waals surface area contributed by atoms with E-state index in [0.29, 0.717) is 6.10 Å². The second-order valence-corrected chi connectivity index (χ2v) is 6.65. The Kier molecular flexibility index (Phi) is 4.93. The van der Waals surface area contributed by atoms with Crippen molar-refractivity contribution < 1.29 is 9.53 Å². The van der Waals surface area contributed by atoms with E-state index in [1.165, 1.54) is 12.8 Å². The summed E-state index contributed by atoms with van der Waals surface area (Å²) in [5, 5.41) is 0. The number of hydrogen-bond donors (Lipinski definition) is 0. The third-order valence-corrected chi connectivity index (χ3v) is 4.71. The van der Waals surface area contributed by atoms with E-state index in [0.717, 1.165) is 49.4 Å². The number of nitrogens with zero attached hydrogens (tertiary/aromatic N) is 2. The van der Waals surface area contributed by atoms with Gasteiger partial charge in [-0.15, -0.1) is 0 Å². The van der Waals surface area contributed by atoms with Gasteiger partial charge in [-0.3, -0.25) is 9.69 Å². The predicted molar refractivity (Wildman–Crippen MR) is 85.5 cm³/mol. The van der Waals surface area contributed by atoms with Crippen LogP contribution in [-0.2, 0) is 4.74 Å². The van der Waals surface area contributed by atoms with E-state index in [1.807, 2.05) is 29.2 Å². The van der Waals surface area contributed by atoms with E-state index in [1.54, 1.807) is 0 Å². The Balaban J connectivity index is 1.52. The Hall–Kier alpha value is -0.910. The van der Waals surface area contributed by atoms with Crippen molar-refractivity contribution in [1.29, 1.82) is 0 Å². The Bertz CT molecular complexity index is 495. The third-order valence-electron chi connectivity index (χ3n) is 4.22. The van der Waals surface area contributed by atoms with Crippen LogP contribution in [0.4, 0.5) is 0 Å². The molecule has 0 spiro atoms. The van der Waals surface area contributed by atoms with Crippen molar-refractivity contribution >= 4 is 21.8 Å². The lowest BCUT2D eigenvalue weighted by Crippen LogP contribution is -2.50. The summed E-state index contributed by atoms with van der Waals surface area (Å²) in [6.45, 7) is 5.42. The molecule has 1 unspecified atom stereocenters. The summed E-state index contributed by atoms with van der Waals surface area (Å²) in [6, 6.07) is 7.62.